The van der Waals surface area contributed by atoms with Crippen LogP contribution in [-0.2, 0) is 32.1 Å². The van der Waals surface area contributed by atoms with Crippen LogP contribution >= 0.6 is 0 Å². The minimum atomic E-state index is -1.11. The maximum absolute atomic E-state index is 13.4. The van der Waals surface area contributed by atoms with Crippen LogP contribution in [0, 0.1) is 0 Å². The normalized spacial score (nSPS) is 12.3. The van der Waals surface area contributed by atoms with Gasteiger partial charge in [0.2, 0.25) is 5.91 Å². The number of amides is 2. The summed E-state index contributed by atoms with van der Waals surface area (Å²) in [5.74, 6) is 3.77. The lowest BCUT2D eigenvalue weighted by atomic mass is 10.0. The number of fused-ring (bicyclic) bond motifs is 1. The number of nitrogens with two attached hydrogens (primary N) is 1. The molecule has 4 aromatic rings. The van der Waals surface area contributed by atoms with Crippen LogP contribution in [0.4, 0.5) is 0 Å². The van der Waals surface area contributed by atoms with Crippen LogP contribution in [0.2, 0.25) is 0 Å². The van der Waals surface area contributed by atoms with E-state index in [1.54, 1.807) is 42.6 Å². The van der Waals surface area contributed by atoms with Crippen LogP contribution in [0.1, 0.15) is 11.1 Å². The van der Waals surface area contributed by atoms with Crippen molar-refractivity contribution >= 4 is 28.7 Å². The molecule has 10 nitrogen and oxygen atoms in total. The first-order valence-electron chi connectivity index (χ1n) is 11.9. The minimum absolute atomic E-state index is 0.0690. The molecular weight excluding hydrogens is 488 g/mol. The number of ether oxygens (including phenoxy) is 1. The second-order valence-corrected chi connectivity index (χ2v) is 8.65. The Labute approximate surface area is 218 Å². The molecule has 2 amide bonds. The number of hydrogen-bond acceptors (Lipinski definition) is 7. The van der Waals surface area contributed by atoms with Crippen molar-refractivity contribution in [1.82, 2.24) is 15.6 Å². The number of nitrogens with one attached hydrogen (secondary N) is 3. The highest BCUT2D eigenvalue weighted by Crippen LogP contribution is 2.19. The molecule has 0 bridgehead atoms. The summed E-state index contributed by atoms with van der Waals surface area (Å²) in [4.78, 5) is 46.1. The van der Waals surface area contributed by atoms with Crippen molar-refractivity contribution in [3.05, 3.63) is 96.2 Å². The second-order valence-electron chi connectivity index (χ2n) is 8.65. The van der Waals surface area contributed by atoms with Crippen molar-refractivity contribution in [2.45, 2.75) is 24.9 Å². The molecular formula is C28H28N4O6. The number of phenolic OH excluding ortho intramolecular Hbond substituents is 1. The standard InChI is InChI=1S/C28H28N4O6/c29-38-28(36)25(15-19-16-30-23-9-5-4-8-22(19)23)32-27(35)24(14-18-10-12-20(33)13-11-18)31-26(34)17-37-21-6-2-1-3-7-21/h1-13,16,24-25,30,33H,14-15,17,29H2,(H,31,34)(H,32,35)/t24-,25+/m0/s1. The average Bonchev–Trinajstić information content (AvgIpc) is 3.35. The highest BCUT2D eigenvalue weighted by atomic mass is 16.7. The van der Waals surface area contributed by atoms with Crippen molar-refractivity contribution in [3.63, 3.8) is 0 Å². The molecule has 0 saturated heterocycles. The molecule has 1 aromatic heterocycles. The molecule has 0 spiro atoms. The Bertz CT molecular complexity index is 1390. The van der Waals surface area contributed by atoms with Gasteiger partial charge in [-0.25, -0.2) is 4.79 Å². The molecule has 6 N–H and O–H groups in total. The van der Waals surface area contributed by atoms with Gasteiger partial charge in [0.05, 0.1) is 0 Å². The summed E-state index contributed by atoms with van der Waals surface area (Å²) in [6.07, 6.45) is 1.97. The number of H-pyrrole nitrogens is 1. The van der Waals surface area contributed by atoms with Crippen LogP contribution in [0.3, 0.4) is 0 Å². The first kappa shape index (κ1) is 26.2. The van der Waals surface area contributed by atoms with E-state index in [0.29, 0.717) is 11.3 Å². The van der Waals surface area contributed by atoms with Gasteiger partial charge in [-0.05, 0) is 41.5 Å². The SMILES string of the molecule is NOC(=O)[C@@H](Cc1c[nH]c2ccccc12)NC(=O)[C@H](Cc1ccc(O)cc1)NC(=O)COc1ccccc1. The van der Waals surface area contributed by atoms with Crippen molar-refractivity contribution in [3.8, 4) is 11.5 Å². The van der Waals surface area contributed by atoms with Crippen molar-refractivity contribution in [2.24, 2.45) is 5.90 Å². The number of benzene rings is 3. The van der Waals surface area contributed by atoms with Crippen molar-refractivity contribution in [1.29, 1.82) is 0 Å². The van der Waals surface area contributed by atoms with E-state index in [0.717, 1.165) is 16.5 Å². The molecule has 0 unspecified atom stereocenters. The molecule has 38 heavy (non-hydrogen) atoms. The number of aromatic hydroxyl groups is 1. The molecule has 0 aliphatic heterocycles. The summed E-state index contributed by atoms with van der Waals surface area (Å²) in [5, 5.41) is 15.8. The average molecular weight is 517 g/mol. The number of carbonyl (C=O) groups is 3. The van der Waals surface area contributed by atoms with Gasteiger partial charge in [-0.15, -0.1) is 0 Å². The number of hydrogen-bond donors (Lipinski definition) is 5. The Morgan fingerprint density at radius 2 is 1.58 bits per heavy atom. The number of phenols is 1. The molecule has 2 atom stereocenters. The maximum Gasteiger partial charge on any atom is 0.347 e. The van der Waals surface area contributed by atoms with E-state index in [9.17, 15) is 19.5 Å². The topological polar surface area (TPSA) is 156 Å². The van der Waals surface area contributed by atoms with E-state index in [1.165, 1.54) is 12.1 Å². The fourth-order valence-electron chi connectivity index (χ4n) is 4.05. The smallest absolute Gasteiger partial charge is 0.347 e. The predicted molar refractivity (Wildman–Crippen MR) is 140 cm³/mol. The zero-order valence-electron chi connectivity index (χ0n) is 20.4. The molecule has 10 heteroatoms. The van der Waals surface area contributed by atoms with Gasteiger partial charge in [0.1, 0.15) is 23.6 Å². The van der Waals surface area contributed by atoms with Crippen LogP contribution in [0.15, 0.2) is 85.1 Å². The number of aromatic amines is 1. The molecule has 0 fully saturated rings. The Morgan fingerprint density at radius 1 is 0.868 bits per heavy atom. The van der Waals surface area contributed by atoms with Gasteiger partial charge in [0.15, 0.2) is 6.61 Å². The summed E-state index contributed by atoms with van der Waals surface area (Å²) < 4.78 is 5.49. The molecule has 4 rings (SSSR count). The van der Waals surface area contributed by atoms with Gasteiger partial charge in [-0.1, -0.05) is 48.5 Å². The van der Waals surface area contributed by atoms with Crippen molar-refractivity contribution in [2.75, 3.05) is 6.61 Å². The van der Waals surface area contributed by atoms with Gasteiger partial charge in [0.25, 0.3) is 5.91 Å². The van der Waals surface area contributed by atoms with Crippen LogP contribution in [-0.4, -0.2) is 46.6 Å². The second kappa shape index (κ2) is 12.4. The van der Waals surface area contributed by atoms with E-state index < -0.39 is 29.9 Å². The Balaban J connectivity index is 1.49. The summed E-state index contributed by atoms with van der Waals surface area (Å²) >= 11 is 0. The van der Waals surface area contributed by atoms with Gasteiger partial charge >= 0.3 is 5.97 Å². The van der Waals surface area contributed by atoms with Crippen LogP contribution < -0.4 is 21.3 Å². The summed E-state index contributed by atoms with van der Waals surface area (Å²) in [5.41, 5.74) is 2.35. The van der Waals surface area contributed by atoms with Gasteiger partial charge in [-0.2, -0.15) is 5.90 Å². The molecule has 0 aliphatic rings. The van der Waals surface area contributed by atoms with Gasteiger partial charge in [0, 0.05) is 29.9 Å². The summed E-state index contributed by atoms with van der Waals surface area (Å²) in [7, 11) is 0. The number of rotatable bonds is 11. The molecule has 0 aliphatic carbocycles. The molecule has 0 radical (unpaired) electrons. The molecule has 3 aromatic carbocycles. The fourth-order valence-corrected chi connectivity index (χ4v) is 4.05. The quantitative estimate of drug-likeness (QED) is 0.191. The van der Waals surface area contributed by atoms with Gasteiger partial charge in [-0.3, -0.25) is 9.59 Å². The lowest BCUT2D eigenvalue weighted by molar-refractivity contribution is -0.148. The van der Waals surface area contributed by atoms with E-state index in [1.807, 2.05) is 30.3 Å². The first-order valence-corrected chi connectivity index (χ1v) is 11.9. The zero-order valence-corrected chi connectivity index (χ0v) is 20.4. The predicted octanol–water partition coefficient (Wildman–Crippen LogP) is 2.12. The summed E-state index contributed by atoms with van der Waals surface area (Å²) in [6, 6.07) is 20.4. The first-order chi connectivity index (χ1) is 18.4. The minimum Gasteiger partial charge on any atom is -0.508 e. The zero-order chi connectivity index (χ0) is 26.9. The monoisotopic (exact) mass is 516 g/mol. The highest BCUT2D eigenvalue weighted by molar-refractivity contribution is 5.92. The van der Waals surface area contributed by atoms with E-state index >= 15 is 0 Å². The van der Waals surface area contributed by atoms with Crippen LogP contribution in [0.25, 0.3) is 10.9 Å². The van der Waals surface area contributed by atoms with Gasteiger partial charge < -0.3 is 30.3 Å². The Hall–Kier alpha value is -4.83. The molecule has 1 heterocycles. The third kappa shape index (κ3) is 6.89. The molecule has 0 saturated carbocycles. The van der Waals surface area contributed by atoms with Crippen LogP contribution in [0.5, 0.6) is 11.5 Å². The fraction of sp³-hybridized carbons (Fsp3) is 0.179. The summed E-state index contributed by atoms with van der Waals surface area (Å²) in [6.45, 7) is -0.313. The number of carbonyl (C=O) groups excluding carboxylic acids is 3. The van der Waals surface area contributed by atoms with E-state index in [-0.39, 0.29) is 25.2 Å². The highest BCUT2D eigenvalue weighted by Gasteiger charge is 2.29. The number of para-hydroxylation sites is 2. The third-order valence-electron chi connectivity index (χ3n) is 5.96. The van der Waals surface area contributed by atoms with Crippen molar-refractivity contribution < 1.29 is 29.1 Å². The Morgan fingerprint density at radius 3 is 2.32 bits per heavy atom. The maximum atomic E-state index is 13.4. The Kier molecular flexibility index (Phi) is 8.57. The largest absolute Gasteiger partial charge is 0.508 e. The molecule has 196 valence electrons. The number of aromatic nitrogens is 1. The lowest BCUT2D eigenvalue weighted by Crippen LogP contribution is -2.54. The van der Waals surface area contributed by atoms with E-state index in [2.05, 4.69) is 20.5 Å². The third-order valence-corrected chi connectivity index (χ3v) is 5.96. The van der Waals surface area contributed by atoms with E-state index in [4.69, 9.17) is 10.6 Å². The lowest BCUT2D eigenvalue weighted by Gasteiger charge is -2.22.